The zero-order valence-corrected chi connectivity index (χ0v) is 14.6. The van der Waals surface area contributed by atoms with Crippen molar-refractivity contribution < 1.29 is 27.8 Å². The lowest BCUT2D eigenvalue weighted by molar-refractivity contribution is -0.128. The van der Waals surface area contributed by atoms with Crippen LogP contribution in [0.25, 0.3) is 0 Å². The molecule has 2 unspecified atom stereocenters. The molecule has 2 fully saturated rings. The molecule has 2 N–H and O–H groups in total. The van der Waals surface area contributed by atoms with E-state index >= 15 is 0 Å². The molecular formula is C17H21F2N3O4. The van der Waals surface area contributed by atoms with Gasteiger partial charge in [0.2, 0.25) is 11.8 Å². The predicted molar refractivity (Wildman–Crippen MR) is 89.8 cm³/mol. The Labute approximate surface area is 149 Å². The number of halogens is 2. The number of methoxy groups -OCH3 is 2. The molecule has 2 heterocycles. The first-order valence-electron chi connectivity index (χ1n) is 8.29. The van der Waals surface area contributed by atoms with Gasteiger partial charge < -0.3 is 19.7 Å². The summed E-state index contributed by atoms with van der Waals surface area (Å²) in [7, 11) is 3.02. The van der Waals surface area contributed by atoms with E-state index < -0.39 is 36.9 Å². The molecular weight excluding hydrogens is 348 g/mol. The first kappa shape index (κ1) is 18.4. The van der Waals surface area contributed by atoms with Gasteiger partial charge >= 0.3 is 0 Å². The number of nitrogens with zero attached hydrogens (tertiary/aromatic N) is 1. The molecule has 2 saturated heterocycles. The van der Waals surface area contributed by atoms with E-state index in [4.69, 9.17) is 9.47 Å². The largest absolute Gasteiger partial charge is 0.497 e. The molecule has 1 aromatic rings. The van der Waals surface area contributed by atoms with Gasteiger partial charge in [-0.1, -0.05) is 0 Å². The van der Waals surface area contributed by atoms with E-state index in [1.165, 1.54) is 19.1 Å². The van der Waals surface area contributed by atoms with Crippen molar-refractivity contribution in [1.29, 1.82) is 0 Å². The fourth-order valence-electron chi connectivity index (χ4n) is 3.19. The summed E-state index contributed by atoms with van der Waals surface area (Å²) in [6, 6.07) is 3.36. The Morgan fingerprint density at radius 1 is 1.27 bits per heavy atom. The molecule has 0 radical (unpaired) electrons. The van der Waals surface area contributed by atoms with E-state index in [0.29, 0.717) is 30.2 Å². The molecule has 0 aromatic heterocycles. The lowest BCUT2D eigenvalue weighted by Gasteiger charge is -2.19. The van der Waals surface area contributed by atoms with Crippen LogP contribution in [0.2, 0.25) is 0 Å². The highest BCUT2D eigenvalue weighted by Crippen LogP contribution is 2.31. The average molecular weight is 369 g/mol. The number of hydrogen-bond donors (Lipinski definition) is 2. The maximum absolute atomic E-state index is 13.2. The highest BCUT2D eigenvalue weighted by Gasteiger charge is 2.43. The van der Waals surface area contributed by atoms with Crippen LogP contribution in [0.5, 0.6) is 11.5 Å². The topological polar surface area (TPSA) is 79.9 Å². The van der Waals surface area contributed by atoms with Gasteiger partial charge in [0.1, 0.15) is 17.5 Å². The Bertz CT molecular complexity index is 691. The van der Waals surface area contributed by atoms with E-state index in [9.17, 15) is 18.4 Å². The number of hydrogen-bond acceptors (Lipinski definition) is 5. The summed E-state index contributed by atoms with van der Waals surface area (Å²) in [5.41, 5.74) is 0.591. The molecule has 2 atom stereocenters. The zero-order chi connectivity index (χ0) is 18.9. The van der Waals surface area contributed by atoms with Gasteiger partial charge in [0.25, 0.3) is 5.92 Å². The maximum atomic E-state index is 13.2. The van der Waals surface area contributed by atoms with Crippen LogP contribution < -0.4 is 25.0 Å². The third kappa shape index (κ3) is 3.72. The first-order chi connectivity index (χ1) is 12.3. The minimum atomic E-state index is -2.90. The van der Waals surface area contributed by atoms with Crippen LogP contribution in [-0.2, 0) is 9.59 Å². The molecule has 26 heavy (non-hydrogen) atoms. The summed E-state index contributed by atoms with van der Waals surface area (Å²) in [6.07, 6.45) is -0.163. The number of carbonyl (C=O) groups is 2. The third-order valence-corrected chi connectivity index (χ3v) is 4.60. The van der Waals surface area contributed by atoms with E-state index in [1.807, 2.05) is 0 Å². The van der Waals surface area contributed by atoms with Crippen molar-refractivity contribution in [2.24, 2.45) is 0 Å². The number of carbonyl (C=O) groups excluding carboxylic acids is 2. The molecule has 0 spiro atoms. The quantitative estimate of drug-likeness (QED) is 0.807. The van der Waals surface area contributed by atoms with Gasteiger partial charge in [0.15, 0.2) is 0 Å². The molecule has 2 aliphatic heterocycles. The van der Waals surface area contributed by atoms with Crippen molar-refractivity contribution in [1.82, 2.24) is 10.6 Å². The van der Waals surface area contributed by atoms with E-state index in [2.05, 4.69) is 10.6 Å². The second kappa shape index (κ2) is 7.06. The molecule has 0 aliphatic carbocycles. The Morgan fingerprint density at radius 3 is 2.46 bits per heavy atom. The van der Waals surface area contributed by atoms with Gasteiger partial charge in [-0.2, -0.15) is 0 Å². The van der Waals surface area contributed by atoms with Crippen molar-refractivity contribution in [3.63, 3.8) is 0 Å². The van der Waals surface area contributed by atoms with Crippen molar-refractivity contribution in [3.05, 3.63) is 18.2 Å². The summed E-state index contributed by atoms with van der Waals surface area (Å²) in [6.45, 7) is -0.131. The minimum Gasteiger partial charge on any atom is -0.497 e. The van der Waals surface area contributed by atoms with Crippen molar-refractivity contribution in [3.8, 4) is 11.5 Å². The van der Waals surface area contributed by atoms with Gasteiger partial charge in [-0.05, 0) is 6.42 Å². The third-order valence-electron chi connectivity index (χ3n) is 4.60. The summed E-state index contributed by atoms with van der Waals surface area (Å²) < 4.78 is 36.9. The van der Waals surface area contributed by atoms with Crippen LogP contribution in [0.4, 0.5) is 14.5 Å². The standard InChI is InChI=1S/C17H21F2N3O4/c1-25-11-5-10(6-12(7-11)26-2)22-4-3-13(16(22)24)21-15(23)14-8-17(18,19)9-20-14/h5-7,13-14,20H,3-4,8-9H2,1-2H3,(H,21,23). The van der Waals surface area contributed by atoms with Gasteiger partial charge in [-0.25, -0.2) is 8.78 Å². The zero-order valence-electron chi connectivity index (χ0n) is 14.6. The van der Waals surface area contributed by atoms with Crippen molar-refractivity contribution in [2.45, 2.75) is 30.8 Å². The fourth-order valence-corrected chi connectivity index (χ4v) is 3.19. The molecule has 2 amide bonds. The van der Waals surface area contributed by atoms with Crippen LogP contribution in [-0.4, -0.2) is 57.1 Å². The number of alkyl halides is 2. The number of benzene rings is 1. The van der Waals surface area contributed by atoms with Crippen LogP contribution in [0.3, 0.4) is 0 Å². The van der Waals surface area contributed by atoms with E-state index in [0.717, 1.165) is 0 Å². The smallest absolute Gasteiger partial charge is 0.262 e. The van der Waals surface area contributed by atoms with Gasteiger partial charge in [0, 0.05) is 31.2 Å². The van der Waals surface area contributed by atoms with Crippen molar-refractivity contribution in [2.75, 3.05) is 32.2 Å². The SMILES string of the molecule is COc1cc(OC)cc(N2CCC(NC(=O)C3CC(F)(F)CN3)C2=O)c1. The summed E-state index contributed by atoms with van der Waals surface area (Å²) in [5, 5.41) is 5.07. The van der Waals surface area contributed by atoms with Crippen LogP contribution in [0.15, 0.2) is 18.2 Å². The van der Waals surface area contributed by atoms with Crippen LogP contribution in [0.1, 0.15) is 12.8 Å². The van der Waals surface area contributed by atoms with E-state index in [1.54, 1.807) is 18.2 Å². The van der Waals surface area contributed by atoms with Crippen LogP contribution >= 0.6 is 0 Å². The predicted octanol–water partition coefficient (Wildman–Crippen LogP) is 0.922. The molecule has 2 aliphatic rings. The maximum Gasteiger partial charge on any atom is 0.262 e. The lowest BCUT2D eigenvalue weighted by atomic mass is 10.1. The normalized spacial score (nSPS) is 24.6. The van der Waals surface area contributed by atoms with Crippen molar-refractivity contribution >= 4 is 17.5 Å². The molecule has 142 valence electrons. The number of ether oxygens (including phenoxy) is 2. The Kier molecular flexibility index (Phi) is 4.99. The number of nitrogens with one attached hydrogen (secondary N) is 2. The minimum absolute atomic E-state index is 0.293. The monoisotopic (exact) mass is 369 g/mol. The second-order valence-corrected chi connectivity index (χ2v) is 6.40. The highest BCUT2D eigenvalue weighted by atomic mass is 19.3. The molecule has 9 heteroatoms. The molecule has 0 saturated carbocycles. The average Bonchev–Trinajstić information content (AvgIpc) is 3.17. The molecule has 1 aromatic carbocycles. The van der Waals surface area contributed by atoms with Gasteiger partial charge in [-0.3, -0.25) is 14.9 Å². The highest BCUT2D eigenvalue weighted by molar-refractivity contribution is 6.02. The van der Waals surface area contributed by atoms with E-state index in [-0.39, 0.29) is 5.91 Å². The molecule has 0 bridgehead atoms. The number of anilines is 1. The summed E-state index contributed by atoms with van der Waals surface area (Å²) >= 11 is 0. The Hall–Kier alpha value is -2.42. The van der Waals surface area contributed by atoms with Gasteiger partial charge in [-0.15, -0.1) is 0 Å². The number of amides is 2. The summed E-state index contributed by atoms with van der Waals surface area (Å²) in [5.74, 6) is -2.69. The fraction of sp³-hybridized carbons (Fsp3) is 0.529. The first-order valence-corrected chi connectivity index (χ1v) is 8.29. The summed E-state index contributed by atoms with van der Waals surface area (Å²) in [4.78, 5) is 26.3. The van der Waals surface area contributed by atoms with Gasteiger partial charge in [0.05, 0.1) is 32.5 Å². The van der Waals surface area contributed by atoms with Crippen LogP contribution in [0, 0.1) is 0 Å². The Balaban J connectivity index is 1.68. The Morgan fingerprint density at radius 2 is 1.92 bits per heavy atom. The second-order valence-electron chi connectivity index (χ2n) is 6.40. The molecule has 7 nitrogen and oxygen atoms in total. The lowest BCUT2D eigenvalue weighted by Crippen LogP contribution is -2.48. The molecule has 3 rings (SSSR count). The number of rotatable bonds is 5.